The number of benzene rings is 1. The Morgan fingerprint density at radius 3 is 2.47 bits per heavy atom. The predicted octanol–water partition coefficient (Wildman–Crippen LogP) is 2.43. The van der Waals surface area contributed by atoms with Crippen molar-refractivity contribution in [3.63, 3.8) is 0 Å². The van der Waals surface area contributed by atoms with Gasteiger partial charge in [-0.15, -0.1) is 0 Å². The molecule has 158 valence electrons. The number of amides is 2. The number of nitriles is 1. The molecule has 7 heteroatoms. The minimum atomic E-state index is -0.817. The lowest BCUT2D eigenvalue weighted by Gasteiger charge is -2.30. The van der Waals surface area contributed by atoms with E-state index in [2.05, 4.69) is 11.4 Å². The van der Waals surface area contributed by atoms with Crippen LogP contribution < -0.4 is 5.32 Å². The fraction of sp³-hybridized carbons (Fsp3) is 0.478. The van der Waals surface area contributed by atoms with Gasteiger partial charge in [-0.25, -0.2) is 0 Å². The molecule has 0 unspecified atom stereocenters. The van der Waals surface area contributed by atoms with Crippen LogP contribution in [0.2, 0.25) is 0 Å². The molecule has 0 atom stereocenters. The summed E-state index contributed by atoms with van der Waals surface area (Å²) in [6.07, 6.45) is 7.42. The Bertz CT molecular complexity index is 830. The van der Waals surface area contributed by atoms with Crippen molar-refractivity contribution >= 4 is 23.9 Å². The van der Waals surface area contributed by atoms with Gasteiger partial charge in [0.1, 0.15) is 5.54 Å². The Morgan fingerprint density at radius 1 is 1.17 bits per heavy atom. The second-order valence-electron chi connectivity index (χ2n) is 7.90. The molecule has 1 aliphatic heterocycles. The molecule has 1 saturated heterocycles. The van der Waals surface area contributed by atoms with Gasteiger partial charge in [0, 0.05) is 19.2 Å². The summed E-state index contributed by atoms with van der Waals surface area (Å²) in [4.78, 5) is 38.4. The molecule has 0 spiro atoms. The number of rotatable bonds is 6. The van der Waals surface area contributed by atoms with E-state index in [-0.39, 0.29) is 18.4 Å². The Kier molecular flexibility index (Phi) is 7.23. The lowest BCUT2D eigenvalue weighted by atomic mass is 9.97. The average molecular weight is 409 g/mol. The van der Waals surface area contributed by atoms with Crippen molar-refractivity contribution in [2.24, 2.45) is 5.92 Å². The molecule has 0 bridgehead atoms. The van der Waals surface area contributed by atoms with E-state index in [1.54, 1.807) is 17.1 Å². The summed E-state index contributed by atoms with van der Waals surface area (Å²) in [5.74, 6) is -1.26. The van der Waals surface area contributed by atoms with Crippen molar-refractivity contribution in [1.29, 1.82) is 5.26 Å². The first-order valence-electron chi connectivity index (χ1n) is 10.4. The fourth-order valence-corrected chi connectivity index (χ4v) is 3.97. The number of hydrogen-bond donors (Lipinski definition) is 1. The molecule has 7 nitrogen and oxygen atoms in total. The summed E-state index contributed by atoms with van der Waals surface area (Å²) < 4.78 is 5.17. The van der Waals surface area contributed by atoms with E-state index in [4.69, 9.17) is 4.74 Å². The molecule has 1 aliphatic carbocycles. The third-order valence-corrected chi connectivity index (χ3v) is 5.75. The Balaban J connectivity index is 1.39. The largest absolute Gasteiger partial charge is 0.455 e. The Morgan fingerprint density at radius 2 is 1.83 bits per heavy atom. The van der Waals surface area contributed by atoms with Crippen molar-refractivity contribution in [3.8, 4) is 6.07 Å². The van der Waals surface area contributed by atoms with Crippen LogP contribution in [-0.4, -0.2) is 47.9 Å². The summed E-state index contributed by atoms with van der Waals surface area (Å²) in [5.41, 5.74) is 0.140. The number of nitrogens with zero attached hydrogens (tertiary/aromatic N) is 2. The average Bonchev–Trinajstić information content (AvgIpc) is 3.25. The van der Waals surface area contributed by atoms with E-state index in [0.29, 0.717) is 38.8 Å². The highest BCUT2D eigenvalue weighted by molar-refractivity contribution is 5.92. The monoisotopic (exact) mass is 409 g/mol. The Labute approximate surface area is 176 Å². The highest BCUT2D eigenvalue weighted by atomic mass is 16.5. The van der Waals surface area contributed by atoms with E-state index in [1.807, 2.05) is 30.3 Å². The maximum atomic E-state index is 12.3. The van der Waals surface area contributed by atoms with E-state index in [0.717, 1.165) is 18.4 Å². The Hall–Kier alpha value is -3.14. The van der Waals surface area contributed by atoms with Gasteiger partial charge in [0.2, 0.25) is 5.91 Å². The van der Waals surface area contributed by atoms with Crippen LogP contribution in [0.25, 0.3) is 6.08 Å². The number of hydrogen-bond acceptors (Lipinski definition) is 5. The van der Waals surface area contributed by atoms with Crippen LogP contribution in [0, 0.1) is 17.2 Å². The van der Waals surface area contributed by atoms with Crippen molar-refractivity contribution in [1.82, 2.24) is 10.2 Å². The first-order chi connectivity index (χ1) is 14.5. The zero-order valence-electron chi connectivity index (χ0n) is 17.0. The van der Waals surface area contributed by atoms with Crippen molar-refractivity contribution in [2.45, 2.75) is 44.1 Å². The van der Waals surface area contributed by atoms with Crippen LogP contribution in [0.3, 0.4) is 0 Å². The van der Waals surface area contributed by atoms with Crippen LogP contribution in [0.4, 0.5) is 0 Å². The van der Waals surface area contributed by atoms with Crippen molar-refractivity contribution in [2.75, 3.05) is 19.7 Å². The molecule has 3 rings (SSSR count). The number of ether oxygens (including phenoxy) is 1. The van der Waals surface area contributed by atoms with Gasteiger partial charge in [-0.05, 0) is 50.2 Å². The second-order valence-corrected chi connectivity index (χ2v) is 7.90. The third-order valence-electron chi connectivity index (χ3n) is 5.75. The zero-order chi connectivity index (χ0) is 21.4. The first-order valence-corrected chi connectivity index (χ1v) is 10.4. The summed E-state index contributed by atoms with van der Waals surface area (Å²) >= 11 is 0. The maximum Gasteiger partial charge on any atom is 0.309 e. The summed E-state index contributed by atoms with van der Waals surface area (Å²) in [6.45, 7) is 0.574. The van der Waals surface area contributed by atoms with E-state index < -0.39 is 17.4 Å². The number of nitrogens with one attached hydrogen (secondary N) is 1. The van der Waals surface area contributed by atoms with Gasteiger partial charge < -0.3 is 15.0 Å². The van der Waals surface area contributed by atoms with Crippen LogP contribution in [-0.2, 0) is 19.1 Å². The van der Waals surface area contributed by atoms with Gasteiger partial charge in [0.15, 0.2) is 6.61 Å². The fourth-order valence-electron chi connectivity index (χ4n) is 3.97. The highest BCUT2D eigenvalue weighted by Gasteiger charge is 2.36. The smallest absolute Gasteiger partial charge is 0.309 e. The number of piperidine rings is 1. The van der Waals surface area contributed by atoms with Gasteiger partial charge in [-0.3, -0.25) is 14.4 Å². The third kappa shape index (κ3) is 5.69. The molecular weight excluding hydrogens is 382 g/mol. The lowest BCUT2D eigenvalue weighted by molar-refractivity contribution is -0.155. The molecule has 2 amide bonds. The molecule has 0 radical (unpaired) electrons. The van der Waals surface area contributed by atoms with Gasteiger partial charge in [0.05, 0.1) is 12.0 Å². The maximum absolute atomic E-state index is 12.3. The van der Waals surface area contributed by atoms with Crippen molar-refractivity contribution < 1.29 is 19.1 Å². The molecule has 1 aromatic rings. The quantitative estimate of drug-likeness (QED) is 0.575. The molecular formula is C23H27N3O4. The summed E-state index contributed by atoms with van der Waals surface area (Å²) in [5, 5.41) is 12.0. The number of carbonyl (C=O) groups excluding carboxylic acids is 3. The second kappa shape index (κ2) is 10.1. The minimum Gasteiger partial charge on any atom is -0.455 e. The van der Waals surface area contributed by atoms with Crippen LogP contribution in [0.15, 0.2) is 36.4 Å². The van der Waals surface area contributed by atoms with Crippen LogP contribution in [0.1, 0.15) is 44.1 Å². The van der Waals surface area contributed by atoms with Gasteiger partial charge >= 0.3 is 5.97 Å². The standard InChI is InChI=1S/C23H27N3O4/c24-17-23(12-4-5-13-23)25-20(27)16-30-22(29)19-10-14-26(15-11-19)21(28)9-8-18-6-2-1-3-7-18/h1-3,6-9,19H,4-5,10-16H2,(H,25,27). The van der Waals surface area contributed by atoms with E-state index >= 15 is 0 Å². The summed E-state index contributed by atoms with van der Waals surface area (Å²) in [7, 11) is 0. The molecule has 30 heavy (non-hydrogen) atoms. The van der Waals surface area contributed by atoms with Crippen LogP contribution in [0.5, 0.6) is 0 Å². The molecule has 1 aromatic carbocycles. The SMILES string of the molecule is N#CC1(NC(=O)COC(=O)C2CCN(C(=O)C=Cc3ccccc3)CC2)CCCC1. The number of carbonyl (C=O) groups is 3. The van der Waals surface area contributed by atoms with Gasteiger partial charge in [-0.1, -0.05) is 30.3 Å². The number of esters is 1. The predicted molar refractivity (Wildman–Crippen MR) is 111 cm³/mol. The molecule has 1 heterocycles. The van der Waals surface area contributed by atoms with E-state index in [1.165, 1.54) is 0 Å². The molecule has 2 aliphatic rings. The number of likely N-dealkylation sites (tertiary alicyclic amines) is 1. The molecule has 2 fully saturated rings. The molecule has 1 saturated carbocycles. The zero-order valence-corrected chi connectivity index (χ0v) is 17.0. The van der Waals surface area contributed by atoms with Gasteiger partial charge in [-0.2, -0.15) is 5.26 Å². The lowest BCUT2D eigenvalue weighted by Crippen LogP contribution is -2.47. The minimum absolute atomic E-state index is 0.0802. The summed E-state index contributed by atoms with van der Waals surface area (Å²) in [6, 6.07) is 11.8. The first kappa shape index (κ1) is 21.6. The topological polar surface area (TPSA) is 99.5 Å². The van der Waals surface area contributed by atoms with E-state index in [9.17, 15) is 19.6 Å². The highest BCUT2D eigenvalue weighted by Crippen LogP contribution is 2.28. The molecule has 1 N–H and O–H groups in total. The van der Waals surface area contributed by atoms with Crippen molar-refractivity contribution in [3.05, 3.63) is 42.0 Å². The normalized spacial score (nSPS) is 18.7. The molecule has 0 aromatic heterocycles. The van der Waals surface area contributed by atoms with Crippen LogP contribution >= 0.6 is 0 Å². The van der Waals surface area contributed by atoms with Gasteiger partial charge in [0.25, 0.3) is 5.91 Å².